The van der Waals surface area contributed by atoms with Crippen LogP contribution in [0.25, 0.3) is 6.08 Å². The van der Waals surface area contributed by atoms with E-state index in [1.165, 1.54) is 11.3 Å². The molecule has 2 aliphatic rings. The lowest BCUT2D eigenvalue weighted by atomic mass is 9.72. The number of aromatic nitrogens is 1. The van der Waals surface area contributed by atoms with E-state index in [2.05, 4.69) is 10.3 Å². The summed E-state index contributed by atoms with van der Waals surface area (Å²) in [5.74, 6) is -1.45. The molecule has 1 aromatic heterocycles. The lowest BCUT2D eigenvalue weighted by Crippen LogP contribution is -2.49. The summed E-state index contributed by atoms with van der Waals surface area (Å²) in [6, 6.07) is -0.544. The zero-order valence-electron chi connectivity index (χ0n) is 21.9. The number of fused-ring (bicyclic) bond motifs is 1. The highest BCUT2D eigenvalue weighted by molar-refractivity contribution is 7.09. The van der Waals surface area contributed by atoms with Gasteiger partial charge in [0.15, 0.2) is 0 Å². The average molecular weight is 543 g/mol. The van der Waals surface area contributed by atoms with Crippen LogP contribution in [-0.2, 0) is 19.1 Å². The Morgan fingerprint density at radius 1 is 1.33 bits per heavy atom. The Morgan fingerprint density at radius 2 is 2.03 bits per heavy atom. The van der Waals surface area contributed by atoms with Gasteiger partial charge in [0.25, 0.3) is 0 Å². The van der Waals surface area contributed by atoms with E-state index in [4.69, 9.17) is 21.1 Å². The summed E-state index contributed by atoms with van der Waals surface area (Å²) >= 11 is 8.18. The van der Waals surface area contributed by atoms with Crippen molar-refractivity contribution in [1.82, 2.24) is 10.3 Å². The molecule has 1 aromatic rings. The van der Waals surface area contributed by atoms with E-state index in [-0.39, 0.29) is 18.3 Å². The van der Waals surface area contributed by atoms with Gasteiger partial charge in [0.05, 0.1) is 58.6 Å². The summed E-state index contributed by atoms with van der Waals surface area (Å²) in [6.45, 7) is 11.0. The molecule has 2 saturated heterocycles. The van der Waals surface area contributed by atoms with Gasteiger partial charge in [-0.15, -0.1) is 11.3 Å². The number of carbonyl (C=O) groups excluding carboxylic acids is 2. The first-order valence-electron chi connectivity index (χ1n) is 12.6. The number of nitrogens with zero attached hydrogens (tertiary/aromatic N) is 1. The van der Waals surface area contributed by atoms with Crippen LogP contribution in [0.2, 0.25) is 0 Å². The summed E-state index contributed by atoms with van der Waals surface area (Å²) in [4.78, 5) is 30.8. The zero-order valence-corrected chi connectivity index (χ0v) is 23.5. The molecule has 0 aliphatic carbocycles. The smallest absolute Gasteiger partial charge is 0.223 e. The SMILES string of the molecule is CC[C@H]1C(=O)C(C)(C)[C@@H](O)CC(=O)N[C@H](C(Cl)=Cc2csc(C)n2)C[C@@H]2O[C@]2(C)CCO[C@H](C)[C@H]1O. The molecule has 3 heterocycles. The third kappa shape index (κ3) is 6.74. The lowest BCUT2D eigenvalue weighted by Gasteiger charge is -2.35. The van der Waals surface area contributed by atoms with Crippen LogP contribution in [0.4, 0.5) is 0 Å². The molecule has 7 atom stereocenters. The normalized spacial score (nSPS) is 36.8. The van der Waals surface area contributed by atoms with Crippen molar-refractivity contribution < 1.29 is 29.3 Å². The number of halogens is 1. The van der Waals surface area contributed by atoms with Crippen molar-refractivity contribution in [3.05, 3.63) is 21.1 Å². The number of hydrogen-bond donors (Lipinski definition) is 3. The molecule has 0 aromatic carbocycles. The molecule has 0 saturated carbocycles. The second-order valence-electron chi connectivity index (χ2n) is 10.7. The number of aliphatic hydroxyl groups excluding tert-OH is 2. The second kappa shape index (κ2) is 11.6. The number of carbonyl (C=O) groups is 2. The largest absolute Gasteiger partial charge is 0.392 e. The van der Waals surface area contributed by atoms with Gasteiger partial charge in [-0.1, -0.05) is 32.4 Å². The van der Waals surface area contributed by atoms with Gasteiger partial charge in [-0.25, -0.2) is 4.98 Å². The molecule has 2 aliphatic heterocycles. The topological polar surface area (TPSA) is 121 Å². The monoisotopic (exact) mass is 542 g/mol. The number of aliphatic hydroxyl groups is 2. The number of rotatable bonds is 3. The number of ketones is 1. The molecule has 3 N–H and O–H groups in total. The Balaban J connectivity index is 1.87. The van der Waals surface area contributed by atoms with Crippen LogP contribution >= 0.6 is 22.9 Å². The average Bonchev–Trinajstić information content (AvgIpc) is 3.24. The Labute approximate surface area is 222 Å². The maximum absolute atomic E-state index is 13.4. The summed E-state index contributed by atoms with van der Waals surface area (Å²) in [5, 5.41) is 28.0. The molecule has 0 spiro atoms. The maximum Gasteiger partial charge on any atom is 0.223 e. The highest BCUT2D eigenvalue weighted by atomic mass is 35.5. The standard InChI is InChI=1S/C26H39ClN2O6S/c1-7-17-23(32)14(2)34-9-8-26(6)21(35-26)11-19(18(27)10-16-13-36-15(3)28-16)29-22(31)12-20(30)25(4,5)24(17)33/h10,13-14,17,19-21,23,30,32H,7-9,11-12H2,1-6H3,(H,29,31)/t14-,17-,19+,20+,21+,23-,26-/m1/s1. The highest BCUT2D eigenvalue weighted by Gasteiger charge is 2.53. The molecular weight excluding hydrogens is 504 g/mol. The third-order valence-electron chi connectivity index (χ3n) is 7.57. The van der Waals surface area contributed by atoms with Gasteiger partial charge in [0.1, 0.15) is 5.78 Å². The van der Waals surface area contributed by atoms with Crippen molar-refractivity contribution >= 4 is 40.7 Å². The van der Waals surface area contributed by atoms with E-state index in [0.717, 1.165) is 5.01 Å². The minimum absolute atomic E-state index is 0.148. The van der Waals surface area contributed by atoms with Crippen LogP contribution in [0.3, 0.4) is 0 Å². The van der Waals surface area contributed by atoms with E-state index in [9.17, 15) is 19.8 Å². The van der Waals surface area contributed by atoms with Gasteiger partial charge in [0, 0.05) is 35.8 Å². The number of ether oxygens (including phenoxy) is 2. The molecule has 1 amide bonds. The van der Waals surface area contributed by atoms with Crippen LogP contribution in [0.5, 0.6) is 0 Å². The molecule has 202 valence electrons. The van der Waals surface area contributed by atoms with Crippen LogP contribution in [0.1, 0.15) is 71.0 Å². The number of hydrogen-bond acceptors (Lipinski definition) is 8. The van der Waals surface area contributed by atoms with Crippen LogP contribution in [-0.4, -0.2) is 69.6 Å². The van der Waals surface area contributed by atoms with Crippen molar-refractivity contribution in [1.29, 1.82) is 0 Å². The Kier molecular flexibility index (Phi) is 9.39. The molecule has 10 heteroatoms. The van der Waals surface area contributed by atoms with Gasteiger partial charge in [-0.3, -0.25) is 9.59 Å². The zero-order chi connectivity index (χ0) is 26.8. The maximum atomic E-state index is 13.4. The quantitative estimate of drug-likeness (QED) is 0.499. The van der Waals surface area contributed by atoms with E-state index in [0.29, 0.717) is 36.6 Å². The van der Waals surface area contributed by atoms with Crippen molar-refractivity contribution in [2.45, 2.75) is 103 Å². The fraction of sp³-hybridized carbons (Fsp3) is 0.731. The minimum atomic E-state index is -1.25. The summed E-state index contributed by atoms with van der Waals surface area (Å²) in [5.41, 5.74) is -0.983. The number of epoxide rings is 1. The molecule has 0 bridgehead atoms. The van der Waals surface area contributed by atoms with Crippen molar-refractivity contribution in [2.24, 2.45) is 11.3 Å². The highest BCUT2D eigenvalue weighted by Crippen LogP contribution is 2.43. The van der Waals surface area contributed by atoms with Gasteiger partial charge in [0.2, 0.25) is 5.91 Å². The third-order valence-corrected chi connectivity index (χ3v) is 8.74. The van der Waals surface area contributed by atoms with Crippen molar-refractivity contribution in [3.8, 4) is 0 Å². The van der Waals surface area contributed by atoms with E-state index >= 15 is 0 Å². The first kappa shape index (κ1) is 29.2. The number of nitrogens with one attached hydrogen (secondary N) is 1. The van der Waals surface area contributed by atoms with E-state index in [1.54, 1.807) is 26.8 Å². The molecule has 0 radical (unpaired) electrons. The number of thiazole rings is 1. The molecule has 3 rings (SSSR count). The molecule has 8 nitrogen and oxygen atoms in total. The van der Waals surface area contributed by atoms with Crippen LogP contribution < -0.4 is 5.32 Å². The summed E-state index contributed by atoms with van der Waals surface area (Å²) < 4.78 is 11.9. The van der Waals surface area contributed by atoms with Gasteiger partial charge >= 0.3 is 0 Å². The molecule has 2 fully saturated rings. The Hall–Kier alpha value is -1.36. The summed E-state index contributed by atoms with van der Waals surface area (Å²) in [7, 11) is 0. The summed E-state index contributed by atoms with van der Waals surface area (Å²) in [6.07, 6.45) is -0.124. The van der Waals surface area contributed by atoms with Gasteiger partial charge in [-0.2, -0.15) is 0 Å². The van der Waals surface area contributed by atoms with E-state index in [1.807, 2.05) is 26.2 Å². The Bertz CT molecular complexity index is 981. The number of Topliss-reactive ketones (excluding diaryl/α,β-unsaturated/α-hetero) is 1. The fourth-order valence-corrected chi connectivity index (χ4v) is 5.56. The second-order valence-corrected chi connectivity index (χ2v) is 12.2. The lowest BCUT2D eigenvalue weighted by molar-refractivity contribution is -0.147. The number of aryl methyl sites for hydroxylation is 1. The van der Waals surface area contributed by atoms with Crippen molar-refractivity contribution in [2.75, 3.05) is 6.61 Å². The predicted molar refractivity (Wildman–Crippen MR) is 140 cm³/mol. The first-order chi connectivity index (χ1) is 16.8. The molecular formula is C26H39ClN2O6S. The fourth-order valence-electron chi connectivity index (χ4n) is 4.73. The van der Waals surface area contributed by atoms with Gasteiger partial charge in [-0.05, 0) is 33.3 Å². The van der Waals surface area contributed by atoms with E-state index < -0.39 is 47.2 Å². The number of amides is 1. The van der Waals surface area contributed by atoms with Crippen molar-refractivity contribution in [3.63, 3.8) is 0 Å². The predicted octanol–water partition coefficient (Wildman–Crippen LogP) is 3.61. The van der Waals surface area contributed by atoms with Gasteiger partial charge < -0.3 is 25.0 Å². The Morgan fingerprint density at radius 3 is 2.64 bits per heavy atom. The minimum Gasteiger partial charge on any atom is -0.392 e. The van der Waals surface area contributed by atoms with Crippen LogP contribution in [0.15, 0.2) is 10.4 Å². The molecule has 36 heavy (non-hydrogen) atoms. The molecule has 0 unspecified atom stereocenters. The first-order valence-corrected chi connectivity index (χ1v) is 13.8. The van der Waals surface area contributed by atoms with Crippen LogP contribution in [0, 0.1) is 18.3 Å².